The Morgan fingerprint density at radius 1 is 1.50 bits per heavy atom. The van der Waals surface area contributed by atoms with Crippen LogP contribution in [0.1, 0.15) is 21.8 Å². The number of rotatable bonds is 1. The molecule has 0 atom stereocenters. The van der Waals surface area contributed by atoms with Crippen LogP contribution in [0.15, 0.2) is 0 Å². The first-order chi connectivity index (χ1) is 1.91. The van der Waals surface area contributed by atoms with Gasteiger partial charge in [-0.25, -0.2) is 0 Å². The maximum Gasteiger partial charge on any atom is 0.282 e. The minimum Gasteiger partial charge on any atom is -0.448 e. The van der Waals surface area contributed by atoms with Crippen molar-refractivity contribution in [2.24, 2.45) is 0 Å². The van der Waals surface area contributed by atoms with Gasteiger partial charge in [-0.1, -0.05) is 14.9 Å². The number of hydrogen-bond acceptors (Lipinski definition) is 1. The van der Waals surface area contributed by atoms with Crippen molar-refractivity contribution in [3.05, 3.63) is 0 Å². The molecule has 0 N–H and O–H groups in total. The normalized spacial score (nSPS) is 4.83. The van der Waals surface area contributed by atoms with E-state index in [1.54, 1.807) is 0 Å². The fourth-order valence-corrected chi connectivity index (χ4v) is 0. The fraction of sp³-hybridized carbons (Fsp3) is 1.00. The zero-order chi connectivity index (χ0) is 3.41. The van der Waals surface area contributed by atoms with E-state index in [0.717, 1.165) is 0 Å². The highest BCUT2D eigenvalue weighted by atomic mass is 16.4. The van der Waals surface area contributed by atoms with Crippen molar-refractivity contribution in [3.63, 3.8) is 0 Å². The molecule has 0 fully saturated rings. The molecule has 0 heterocycles. The molecule has 0 aliphatic rings. The van der Waals surface area contributed by atoms with E-state index < -0.39 is 0 Å². The maximum atomic E-state index is 4.53. The van der Waals surface area contributed by atoms with Gasteiger partial charge in [0, 0.05) is 6.61 Å². The van der Waals surface area contributed by atoms with Gasteiger partial charge in [-0.05, 0) is 6.92 Å². The second kappa shape index (κ2) is 19.9. The Morgan fingerprint density at radius 3 is 1.67 bits per heavy atom. The Kier molecular flexibility index (Phi) is 55.0. The topological polar surface area (TPSA) is 9.23 Å². The quantitative estimate of drug-likeness (QED) is 0.440. The van der Waals surface area contributed by atoms with Crippen molar-refractivity contribution >= 4 is 8.05 Å². The van der Waals surface area contributed by atoms with Crippen molar-refractivity contribution in [1.29, 1.82) is 0 Å². The van der Waals surface area contributed by atoms with Gasteiger partial charge in [-0.3, -0.25) is 0 Å². The van der Waals surface area contributed by atoms with Crippen molar-refractivity contribution in [2.75, 3.05) is 6.61 Å². The average Bonchev–Trinajstić information content (AvgIpc) is 1.37. The Labute approximate surface area is 42.1 Å². The summed E-state index contributed by atoms with van der Waals surface area (Å²) >= 11 is 0. The molecule has 0 saturated carbocycles. The van der Waals surface area contributed by atoms with Crippen molar-refractivity contribution in [1.82, 2.24) is 0 Å². The third kappa shape index (κ3) is 35.1. The lowest BCUT2D eigenvalue weighted by Crippen LogP contribution is -1.76. The molecule has 2 heteroatoms. The van der Waals surface area contributed by atoms with Gasteiger partial charge in [-0.15, -0.1) is 0 Å². The third-order valence-corrected chi connectivity index (χ3v) is 0.167. The Morgan fingerprint density at radius 2 is 1.67 bits per heavy atom. The van der Waals surface area contributed by atoms with E-state index in [2.05, 4.69) is 12.7 Å². The predicted octanol–water partition coefficient (Wildman–Crippen LogP) is 1.38. The molecule has 0 saturated heterocycles. The molecule has 0 amide bonds. The monoisotopic (exact) mass is 88.1 g/mol. The summed E-state index contributed by atoms with van der Waals surface area (Å²) < 4.78 is 4.04. The third-order valence-electron chi connectivity index (χ3n) is 0.167. The van der Waals surface area contributed by atoms with E-state index in [1.807, 2.05) is 6.92 Å². The molecule has 1 nitrogen and oxygen atoms in total. The van der Waals surface area contributed by atoms with E-state index in [9.17, 15) is 0 Å². The molecule has 0 aromatic rings. The summed E-state index contributed by atoms with van der Waals surface area (Å²) in [6, 6.07) is 0. The first-order valence-electron chi connectivity index (χ1n) is 1.23. The maximum absolute atomic E-state index is 4.53. The van der Waals surface area contributed by atoms with E-state index in [4.69, 9.17) is 0 Å². The van der Waals surface area contributed by atoms with E-state index in [-0.39, 0.29) is 14.9 Å². The summed E-state index contributed by atoms with van der Waals surface area (Å²) in [6.45, 7) is 2.43. The highest BCUT2D eigenvalue weighted by molar-refractivity contribution is 5.97. The van der Waals surface area contributed by atoms with Gasteiger partial charge >= 0.3 is 0 Å². The highest BCUT2D eigenvalue weighted by Gasteiger charge is 1.52. The Balaban J connectivity index is -0.0000000450. The van der Waals surface area contributed by atoms with Crippen LogP contribution in [0.25, 0.3) is 0 Å². The first-order valence-corrected chi connectivity index (χ1v) is 1.23. The van der Waals surface area contributed by atoms with Gasteiger partial charge in [0.05, 0.1) is 0 Å². The second-order valence-electron chi connectivity index (χ2n) is 0.455. The SMILES string of the molecule is C.C.[B]OCC. The van der Waals surface area contributed by atoms with Crippen LogP contribution in [0.3, 0.4) is 0 Å². The van der Waals surface area contributed by atoms with Crippen LogP contribution < -0.4 is 0 Å². The second-order valence-corrected chi connectivity index (χ2v) is 0.455. The van der Waals surface area contributed by atoms with Gasteiger partial charge in [-0.2, -0.15) is 0 Å². The smallest absolute Gasteiger partial charge is 0.282 e. The summed E-state index contributed by atoms with van der Waals surface area (Å²) in [4.78, 5) is 0. The van der Waals surface area contributed by atoms with Crippen molar-refractivity contribution in [2.45, 2.75) is 21.8 Å². The molecular weight excluding hydrogens is 74.9 g/mol. The summed E-state index contributed by atoms with van der Waals surface area (Å²) in [5.41, 5.74) is 0. The summed E-state index contributed by atoms with van der Waals surface area (Å²) in [6.07, 6.45) is 0. The summed E-state index contributed by atoms with van der Waals surface area (Å²) in [7, 11) is 4.53. The Bertz CT molecular complexity index is 9.51. The lowest BCUT2D eigenvalue weighted by atomic mass is 10.6. The first kappa shape index (κ1) is 16.6. The van der Waals surface area contributed by atoms with E-state index >= 15 is 0 Å². The molecule has 0 unspecified atom stereocenters. The standard InChI is InChI=1S/C2H5BO.2CH4/c1-2-4-3;;/h2H2,1H3;2*1H4. The summed E-state index contributed by atoms with van der Waals surface area (Å²) in [5.74, 6) is 0. The van der Waals surface area contributed by atoms with Crippen LogP contribution in [0, 0.1) is 0 Å². The largest absolute Gasteiger partial charge is 0.448 e. The summed E-state index contributed by atoms with van der Waals surface area (Å²) in [5, 5.41) is 0. The van der Waals surface area contributed by atoms with Gasteiger partial charge in [0.25, 0.3) is 8.05 Å². The zero-order valence-corrected chi connectivity index (χ0v) is 2.69. The van der Waals surface area contributed by atoms with Crippen molar-refractivity contribution < 1.29 is 4.65 Å². The molecule has 0 bridgehead atoms. The molecule has 2 radical (unpaired) electrons. The van der Waals surface area contributed by atoms with Crippen LogP contribution in [0.2, 0.25) is 0 Å². The predicted molar refractivity (Wildman–Crippen MR) is 30.8 cm³/mol. The number of hydrogen-bond donors (Lipinski definition) is 0. The highest BCUT2D eigenvalue weighted by Crippen LogP contribution is 1.50. The molecule has 0 aliphatic carbocycles. The minimum atomic E-state index is 0. The molecule has 6 heavy (non-hydrogen) atoms. The lowest BCUT2D eigenvalue weighted by molar-refractivity contribution is 0.375. The van der Waals surface area contributed by atoms with Crippen molar-refractivity contribution in [3.8, 4) is 0 Å². The van der Waals surface area contributed by atoms with Gasteiger partial charge in [0.15, 0.2) is 0 Å². The molecule has 0 rings (SSSR count). The van der Waals surface area contributed by atoms with Gasteiger partial charge in [0.2, 0.25) is 0 Å². The van der Waals surface area contributed by atoms with Crippen LogP contribution in [-0.2, 0) is 4.65 Å². The van der Waals surface area contributed by atoms with Crippen LogP contribution in [0.4, 0.5) is 0 Å². The molecular formula is C4H13BO. The zero-order valence-electron chi connectivity index (χ0n) is 2.69. The minimum absolute atomic E-state index is 0. The van der Waals surface area contributed by atoms with Crippen LogP contribution in [-0.4, -0.2) is 14.7 Å². The average molecular weight is 88.0 g/mol. The fourth-order valence-electron chi connectivity index (χ4n) is 0. The van der Waals surface area contributed by atoms with E-state index in [0.29, 0.717) is 6.61 Å². The van der Waals surface area contributed by atoms with Crippen LogP contribution in [0.5, 0.6) is 0 Å². The Hall–Kier alpha value is 0.0249. The molecule has 0 spiro atoms. The van der Waals surface area contributed by atoms with E-state index in [1.165, 1.54) is 0 Å². The lowest BCUT2D eigenvalue weighted by Gasteiger charge is -1.76. The van der Waals surface area contributed by atoms with Gasteiger partial charge < -0.3 is 4.65 Å². The molecule has 0 aromatic carbocycles. The van der Waals surface area contributed by atoms with Gasteiger partial charge in [0.1, 0.15) is 0 Å². The molecule has 0 aliphatic heterocycles. The molecule has 0 aromatic heterocycles. The molecule has 38 valence electrons. The van der Waals surface area contributed by atoms with Crippen LogP contribution >= 0.6 is 0 Å².